The van der Waals surface area contributed by atoms with Crippen LogP contribution >= 0.6 is 11.8 Å². The molecule has 2 aromatic carbocycles. The van der Waals surface area contributed by atoms with Gasteiger partial charge in [0.15, 0.2) is 0 Å². The van der Waals surface area contributed by atoms with Crippen molar-refractivity contribution in [3.63, 3.8) is 0 Å². The predicted octanol–water partition coefficient (Wildman–Crippen LogP) is 5.13. The second-order valence-electron chi connectivity index (χ2n) is 9.07. The molecule has 5 aromatic rings. The van der Waals surface area contributed by atoms with E-state index in [1.807, 2.05) is 70.2 Å². The number of carbonyl (C=O) groups is 1. The molecule has 0 atom stereocenters. The number of benzene rings is 2. The van der Waals surface area contributed by atoms with Gasteiger partial charge in [0.1, 0.15) is 5.65 Å². The molecule has 36 heavy (non-hydrogen) atoms. The predicted molar refractivity (Wildman–Crippen MR) is 144 cm³/mol. The standard InChI is InChI=1S/C29H27N5OS/c35-29(23-9-11-26(12-10-23)36-21-25-20-34-14-2-1-8-27(34)31-25)33-17-15-32(16-18-33)19-24-6-3-5-22-7-4-13-30-28(22)24/h1-14,20H,15-19,21H2. The lowest BCUT2D eigenvalue weighted by Gasteiger charge is -2.35. The zero-order valence-corrected chi connectivity index (χ0v) is 20.8. The fraction of sp³-hybridized carbons (Fsp3) is 0.207. The largest absolute Gasteiger partial charge is 0.336 e. The van der Waals surface area contributed by atoms with Gasteiger partial charge in [-0.25, -0.2) is 4.98 Å². The van der Waals surface area contributed by atoms with Crippen molar-refractivity contribution in [3.8, 4) is 0 Å². The second-order valence-corrected chi connectivity index (χ2v) is 10.1. The van der Waals surface area contributed by atoms with Crippen molar-refractivity contribution in [1.29, 1.82) is 0 Å². The van der Waals surface area contributed by atoms with Crippen LogP contribution in [0.2, 0.25) is 0 Å². The van der Waals surface area contributed by atoms with Crippen molar-refractivity contribution < 1.29 is 4.79 Å². The van der Waals surface area contributed by atoms with E-state index in [4.69, 9.17) is 0 Å². The number of para-hydroxylation sites is 1. The number of hydrogen-bond acceptors (Lipinski definition) is 5. The van der Waals surface area contributed by atoms with Crippen LogP contribution in [0, 0.1) is 0 Å². The fourth-order valence-electron chi connectivity index (χ4n) is 4.74. The van der Waals surface area contributed by atoms with E-state index in [9.17, 15) is 4.79 Å². The molecule has 6 nitrogen and oxygen atoms in total. The quantitative estimate of drug-likeness (QED) is 0.307. The summed E-state index contributed by atoms with van der Waals surface area (Å²) in [6.07, 6.45) is 5.93. The van der Waals surface area contributed by atoms with Crippen molar-refractivity contribution in [2.45, 2.75) is 17.2 Å². The highest BCUT2D eigenvalue weighted by molar-refractivity contribution is 7.98. The van der Waals surface area contributed by atoms with Crippen LogP contribution in [0.5, 0.6) is 0 Å². The van der Waals surface area contributed by atoms with E-state index in [1.54, 1.807) is 11.8 Å². The van der Waals surface area contributed by atoms with Gasteiger partial charge in [-0.3, -0.25) is 14.7 Å². The van der Waals surface area contributed by atoms with Gasteiger partial charge in [-0.05, 0) is 48.0 Å². The fourth-order valence-corrected chi connectivity index (χ4v) is 5.52. The summed E-state index contributed by atoms with van der Waals surface area (Å²) in [6.45, 7) is 4.06. The van der Waals surface area contributed by atoms with Crippen LogP contribution in [0.3, 0.4) is 0 Å². The molecule has 0 unspecified atom stereocenters. The lowest BCUT2D eigenvalue weighted by Crippen LogP contribution is -2.48. The first-order valence-corrected chi connectivity index (χ1v) is 13.2. The minimum atomic E-state index is 0.110. The van der Waals surface area contributed by atoms with Gasteiger partial charge in [-0.2, -0.15) is 0 Å². The molecule has 0 aliphatic carbocycles. The molecular weight excluding hydrogens is 466 g/mol. The molecular formula is C29H27N5OS. The number of pyridine rings is 2. The van der Waals surface area contributed by atoms with Crippen LogP contribution in [0.25, 0.3) is 16.6 Å². The lowest BCUT2D eigenvalue weighted by molar-refractivity contribution is 0.0629. The average molecular weight is 494 g/mol. The third-order valence-electron chi connectivity index (χ3n) is 6.67. The van der Waals surface area contributed by atoms with Crippen LogP contribution in [-0.4, -0.2) is 56.3 Å². The second kappa shape index (κ2) is 10.1. The van der Waals surface area contributed by atoms with Crippen molar-refractivity contribution in [2.24, 2.45) is 0 Å². The topological polar surface area (TPSA) is 53.7 Å². The van der Waals surface area contributed by atoms with Crippen LogP contribution in [-0.2, 0) is 12.3 Å². The smallest absolute Gasteiger partial charge is 0.253 e. The number of hydrogen-bond donors (Lipinski definition) is 0. The third kappa shape index (κ3) is 4.85. The number of piperazine rings is 1. The van der Waals surface area contributed by atoms with E-state index in [2.05, 4.69) is 45.3 Å². The molecule has 3 aromatic heterocycles. The molecule has 4 heterocycles. The van der Waals surface area contributed by atoms with E-state index >= 15 is 0 Å². The van der Waals surface area contributed by atoms with Gasteiger partial charge in [-0.15, -0.1) is 11.8 Å². The molecule has 0 N–H and O–H groups in total. The average Bonchev–Trinajstić information content (AvgIpc) is 3.36. The van der Waals surface area contributed by atoms with E-state index in [-0.39, 0.29) is 5.91 Å². The van der Waals surface area contributed by atoms with E-state index in [1.165, 1.54) is 10.9 Å². The first-order chi connectivity index (χ1) is 17.7. The monoisotopic (exact) mass is 493 g/mol. The molecule has 0 spiro atoms. The molecule has 7 heteroatoms. The minimum Gasteiger partial charge on any atom is -0.336 e. The Hall–Kier alpha value is -3.68. The SMILES string of the molecule is O=C(c1ccc(SCc2cn3ccccc3n2)cc1)N1CCN(Cc2cccc3cccnc23)CC1. The zero-order valence-electron chi connectivity index (χ0n) is 20.0. The van der Waals surface area contributed by atoms with E-state index in [0.717, 1.165) is 65.8 Å². The summed E-state index contributed by atoms with van der Waals surface area (Å²) < 4.78 is 2.04. The molecule has 0 bridgehead atoms. The Kier molecular flexibility index (Phi) is 6.40. The summed E-state index contributed by atoms with van der Waals surface area (Å²) in [7, 11) is 0. The van der Waals surface area contributed by atoms with Gasteiger partial charge in [0, 0.05) is 72.9 Å². The summed E-state index contributed by atoms with van der Waals surface area (Å²) in [5.74, 6) is 0.904. The first kappa shape index (κ1) is 22.8. The maximum absolute atomic E-state index is 13.1. The van der Waals surface area contributed by atoms with Crippen molar-refractivity contribution in [3.05, 3.63) is 108 Å². The molecule has 1 aliphatic heterocycles. The minimum absolute atomic E-state index is 0.110. The molecule has 1 saturated heterocycles. The van der Waals surface area contributed by atoms with Gasteiger partial charge >= 0.3 is 0 Å². The van der Waals surface area contributed by atoms with Gasteiger partial charge in [0.05, 0.1) is 11.2 Å². The van der Waals surface area contributed by atoms with E-state index < -0.39 is 0 Å². The maximum atomic E-state index is 13.1. The summed E-state index contributed by atoms with van der Waals surface area (Å²) >= 11 is 1.73. The highest BCUT2D eigenvalue weighted by Gasteiger charge is 2.22. The number of nitrogens with zero attached hydrogens (tertiary/aromatic N) is 5. The van der Waals surface area contributed by atoms with Crippen LogP contribution in [0.15, 0.2) is 96.3 Å². The van der Waals surface area contributed by atoms with Crippen LogP contribution < -0.4 is 0 Å². The zero-order chi connectivity index (χ0) is 24.3. The number of amides is 1. The summed E-state index contributed by atoms with van der Waals surface area (Å²) in [4.78, 5) is 27.9. The number of thioether (sulfide) groups is 1. The Morgan fingerprint density at radius 1 is 0.889 bits per heavy atom. The molecule has 1 aliphatic rings. The summed E-state index contributed by atoms with van der Waals surface area (Å²) in [5.41, 5.74) is 5.06. The third-order valence-corrected chi connectivity index (χ3v) is 7.72. The Bertz CT molecular complexity index is 1470. The number of aromatic nitrogens is 3. The number of imidazole rings is 1. The Morgan fingerprint density at radius 3 is 2.56 bits per heavy atom. The Labute approximate surface area is 214 Å². The van der Waals surface area contributed by atoms with Gasteiger partial charge in [-0.1, -0.05) is 30.3 Å². The molecule has 180 valence electrons. The van der Waals surface area contributed by atoms with Crippen molar-refractivity contribution in [1.82, 2.24) is 24.2 Å². The van der Waals surface area contributed by atoms with E-state index in [0.29, 0.717) is 0 Å². The Balaban J connectivity index is 1.03. The first-order valence-electron chi connectivity index (χ1n) is 12.2. The van der Waals surface area contributed by atoms with Crippen molar-refractivity contribution in [2.75, 3.05) is 26.2 Å². The molecule has 1 amide bonds. The van der Waals surface area contributed by atoms with Gasteiger partial charge in [0.25, 0.3) is 5.91 Å². The van der Waals surface area contributed by atoms with Crippen molar-refractivity contribution >= 4 is 34.2 Å². The molecule has 0 saturated carbocycles. The Morgan fingerprint density at radius 2 is 1.72 bits per heavy atom. The van der Waals surface area contributed by atoms with Gasteiger partial charge in [0.2, 0.25) is 0 Å². The number of fused-ring (bicyclic) bond motifs is 2. The molecule has 0 radical (unpaired) electrons. The molecule has 6 rings (SSSR count). The number of carbonyl (C=O) groups excluding carboxylic acids is 1. The molecule has 1 fully saturated rings. The lowest BCUT2D eigenvalue weighted by atomic mass is 10.1. The highest BCUT2D eigenvalue weighted by atomic mass is 32.2. The number of rotatable bonds is 6. The summed E-state index contributed by atoms with van der Waals surface area (Å²) in [5, 5.41) is 1.17. The van der Waals surface area contributed by atoms with Crippen LogP contribution in [0.4, 0.5) is 0 Å². The van der Waals surface area contributed by atoms with Crippen LogP contribution in [0.1, 0.15) is 21.6 Å². The highest BCUT2D eigenvalue weighted by Crippen LogP contribution is 2.24. The normalized spacial score (nSPS) is 14.5. The maximum Gasteiger partial charge on any atom is 0.253 e. The van der Waals surface area contributed by atoms with Gasteiger partial charge < -0.3 is 9.30 Å². The summed E-state index contributed by atoms with van der Waals surface area (Å²) in [6, 6.07) is 24.4.